The molecule has 0 saturated carbocycles. The number of hydrogen-bond acceptors (Lipinski definition) is 5. The number of carbonyl (C=O) groups is 1. The monoisotopic (exact) mass is 221 g/mol. The highest BCUT2D eigenvalue weighted by Crippen LogP contribution is 2.09. The van der Waals surface area contributed by atoms with Gasteiger partial charge in [-0.15, -0.1) is 15.3 Å². The number of rotatable bonds is 4. The Hall–Kier alpha value is -2.18. The third-order valence-electron chi connectivity index (χ3n) is 2.20. The first-order valence-electron chi connectivity index (χ1n) is 4.77. The van der Waals surface area contributed by atoms with Crippen LogP contribution in [0.15, 0.2) is 18.5 Å². The average Bonchev–Trinajstić information content (AvgIpc) is 2.72. The van der Waals surface area contributed by atoms with Gasteiger partial charge in [-0.05, 0) is 12.1 Å². The molecule has 0 unspecified atom stereocenters. The van der Waals surface area contributed by atoms with E-state index in [-0.39, 0.29) is 6.42 Å². The van der Waals surface area contributed by atoms with Gasteiger partial charge in [0.15, 0.2) is 5.65 Å². The number of hydrogen-bond donors (Lipinski definition) is 1. The van der Waals surface area contributed by atoms with Gasteiger partial charge in [0.1, 0.15) is 12.1 Å². The maximum absolute atomic E-state index is 10.4. The Morgan fingerprint density at radius 2 is 2.38 bits per heavy atom. The number of fused-ring (bicyclic) bond motifs is 1. The zero-order valence-electron chi connectivity index (χ0n) is 8.74. The van der Waals surface area contributed by atoms with Crippen molar-refractivity contribution in [2.24, 2.45) is 0 Å². The van der Waals surface area contributed by atoms with Gasteiger partial charge < -0.3 is 10.0 Å². The highest BCUT2D eigenvalue weighted by molar-refractivity contribution is 5.67. The molecule has 2 rings (SSSR count). The van der Waals surface area contributed by atoms with Crippen LogP contribution in [0.25, 0.3) is 5.65 Å². The summed E-state index contributed by atoms with van der Waals surface area (Å²) in [5, 5.41) is 20.4. The fourth-order valence-corrected chi connectivity index (χ4v) is 1.30. The molecule has 16 heavy (non-hydrogen) atoms. The molecule has 0 aliphatic carbocycles. The van der Waals surface area contributed by atoms with E-state index in [4.69, 9.17) is 5.11 Å². The van der Waals surface area contributed by atoms with Gasteiger partial charge in [0.05, 0.1) is 6.42 Å². The van der Waals surface area contributed by atoms with Crippen molar-refractivity contribution in [1.82, 2.24) is 19.8 Å². The molecule has 2 aromatic rings. The molecule has 0 bridgehead atoms. The fraction of sp³-hybridized carbons (Fsp3) is 0.333. The molecule has 0 atom stereocenters. The molecule has 1 N–H and O–H groups in total. The second-order valence-corrected chi connectivity index (χ2v) is 3.39. The number of aromatic nitrogens is 4. The van der Waals surface area contributed by atoms with Crippen molar-refractivity contribution in [1.29, 1.82) is 0 Å². The lowest BCUT2D eigenvalue weighted by atomic mass is 10.4. The lowest BCUT2D eigenvalue weighted by Crippen LogP contribution is -2.22. The van der Waals surface area contributed by atoms with Crippen LogP contribution in [-0.4, -0.2) is 44.5 Å². The van der Waals surface area contributed by atoms with Gasteiger partial charge in [0.2, 0.25) is 0 Å². The summed E-state index contributed by atoms with van der Waals surface area (Å²) in [4.78, 5) is 12.2. The summed E-state index contributed by atoms with van der Waals surface area (Å²) in [5.41, 5.74) is 0.662. The quantitative estimate of drug-likeness (QED) is 0.784. The van der Waals surface area contributed by atoms with Crippen LogP contribution >= 0.6 is 0 Å². The van der Waals surface area contributed by atoms with Gasteiger partial charge in [0.25, 0.3) is 0 Å². The van der Waals surface area contributed by atoms with Crippen LogP contribution < -0.4 is 4.90 Å². The van der Waals surface area contributed by atoms with Crippen LogP contribution in [0.4, 0.5) is 5.82 Å². The molecule has 0 radical (unpaired) electrons. The molecule has 7 heteroatoms. The Morgan fingerprint density at radius 3 is 3.12 bits per heavy atom. The van der Waals surface area contributed by atoms with E-state index in [1.54, 1.807) is 28.6 Å². The Morgan fingerprint density at radius 1 is 1.56 bits per heavy atom. The number of nitrogens with zero attached hydrogens (tertiary/aromatic N) is 5. The highest BCUT2D eigenvalue weighted by atomic mass is 16.4. The van der Waals surface area contributed by atoms with E-state index in [1.807, 2.05) is 0 Å². The molecule has 0 saturated heterocycles. The molecule has 2 heterocycles. The molecule has 7 nitrogen and oxygen atoms in total. The smallest absolute Gasteiger partial charge is 0.305 e. The van der Waals surface area contributed by atoms with Gasteiger partial charge in [0, 0.05) is 13.6 Å². The first-order chi connectivity index (χ1) is 7.66. The number of aliphatic carboxylic acids is 1. The topological polar surface area (TPSA) is 83.6 Å². The predicted molar refractivity (Wildman–Crippen MR) is 56.3 cm³/mol. The average molecular weight is 221 g/mol. The Balaban J connectivity index is 2.15. The summed E-state index contributed by atoms with van der Waals surface area (Å²) in [7, 11) is 1.79. The van der Waals surface area contributed by atoms with Crippen molar-refractivity contribution in [2.45, 2.75) is 6.42 Å². The largest absolute Gasteiger partial charge is 0.481 e. The molecular formula is C9H11N5O2. The van der Waals surface area contributed by atoms with Crippen molar-refractivity contribution < 1.29 is 9.90 Å². The Labute approximate surface area is 91.3 Å². The third kappa shape index (κ3) is 2.08. The highest BCUT2D eigenvalue weighted by Gasteiger charge is 2.06. The molecule has 0 aliphatic rings. The van der Waals surface area contributed by atoms with Crippen LogP contribution in [0.3, 0.4) is 0 Å². The van der Waals surface area contributed by atoms with Crippen molar-refractivity contribution in [3.8, 4) is 0 Å². The van der Waals surface area contributed by atoms with E-state index < -0.39 is 5.97 Å². The van der Waals surface area contributed by atoms with Gasteiger partial charge in [-0.1, -0.05) is 0 Å². The van der Waals surface area contributed by atoms with E-state index >= 15 is 0 Å². The van der Waals surface area contributed by atoms with Gasteiger partial charge in [-0.25, -0.2) is 0 Å². The van der Waals surface area contributed by atoms with Crippen molar-refractivity contribution in [3.05, 3.63) is 18.5 Å². The van der Waals surface area contributed by atoms with Gasteiger partial charge in [-0.3, -0.25) is 4.79 Å². The van der Waals surface area contributed by atoms with E-state index in [0.717, 1.165) is 0 Å². The van der Waals surface area contributed by atoms with E-state index in [9.17, 15) is 4.79 Å². The second-order valence-electron chi connectivity index (χ2n) is 3.39. The number of carboxylic acid groups (broad SMARTS) is 1. The van der Waals surface area contributed by atoms with Crippen LogP contribution in [-0.2, 0) is 4.79 Å². The SMILES string of the molecule is CN(CCC(=O)O)c1ccc2nncn2n1. The molecule has 0 aliphatic heterocycles. The van der Waals surface area contributed by atoms with Crippen LogP contribution in [0, 0.1) is 0 Å². The first-order valence-corrected chi connectivity index (χ1v) is 4.77. The summed E-state index contributed by atoms with van der Waals surface area (Å²) in [6, 6.07) is 3.57. The van der Waals surface area contributed by atoms with E-state index in [2.05, 4.69) is 15.3 Å². The summed E-state index contributed by atoms with van der Waals surface area (Å²) in [6.45, 7) is 0.413. The minimum atomic E-state index is -0.822. The summed E-state index contributed by atoms with van der Waals surface area (Å²) < 4.78 is 1.55. The predicted octanol–water partition coefficient (Wildman–Crippen LogP) is 0.0352. The van der Waals surface area contributed by atoms with Crippen molar-refractivity contribution in [2.75, 3.05) is 18.5 Å². The van der Waals surface area contributed by atoms with Crippen molar-refractivity contribution >= 4 is 17.4 Å². The standard InChI is InChI=1S/C9H11N5O2/c1-13(5-4-9(15)16)8-3-2-7-11-10-6-14(7)12-8/h2-3,6H,4-5H2,1H3,(H,15,16). The summed E-state index contributed by atoms with van der Waals surface area (Å²) in [6.07, 6.45) is 1.59. The zero-order valence-corrected chi connectivity index (χ0v) is 8.74. The van der Waals surface area contributed by atoms with E-state index in [0.29, 0.717) is 18.0 Å². The fourth-order valence-electron chi connectivity index (χ4n) is 1.30. The lowest BCUT2D eigenvalue weighted by Gasteiger charge is -2.16. The number of anilines is 1. The molecule has 84 valence electrons. The third-order valence-corrected chi connectivity index (χ3v) is 2.20. The normalized spacial score (nSPS) is 10.6. The molecular weight excluding hydrogens is 210 g/mol. The number of carboxylic acids is 1. The lowest BCUT2D eigenvalue weighted by molar-refractivity contribution is -0.136. The maximum Gasteiger partial charge on any atom is 0.305 e. The maximum atomic E-state index is 10.4. The minimum absolute atomic E-state index is 0.0817. The Bertz CT molecular complexity index is 509. The molecule has 0 spiro atoms. The molecule has 0 fully saturated rings. The molecule has 0 aromatic carbocycles. The second kappa shape index (κ2) is 4.13. The van der Waals surface area contributed by atoms with Crippen LogP contribution in [0.2, 0.25) is 0 Å². The van der Waals surface area contributed by atoms with Gasteiger partial charge in [-0.2, -0.15) is 4.52 Å². The van der Waals surface area contributed by atoms with Crippen LogP contribution in [0.1, 0.15) is 6.42 Å². The molecule has 0 amide bonds. The summed E-state index contributed by atoms with van der Waals surface area (Å²) in [5.74, 6) is -0.134. The minimum Gasteiger partial charge on any atom is -0.481 e. The van der Waals surface area contributed by atoms with Gasteiger partial charge >= 0.3 is 5.97 Å². The van der Waals surface area contributed by atoms with E-state index in [1.165, 1.54) is 6.33 Å². The van der Waals surface area contributed by atoms with Crippen LogP contribution in [0.5, 0.6) is 0 Å². The summed E-state index contributed by atoms with van der Waals surface area (Å²) >= 11 is 0. The zero-order chi connectivity index (χ0) is 11.5. The first kappa shape index (κ1) is 10.3. The van der Waals surface area contributed by atoms with Crippen molar-refractivity contribution in [3.63, 3.8) is 0 Å². The Kier molecular flexibility index (Phi) is 2.67. The molecule has 2 aromatic heterocycles.